The largest absolute Gasteiger partial charge is 0.394 e. The lowest BCUT2D eigenvalue weighted by atomic mass is 9.87. The van der Waals surface area contributed by atoms with Crippen LogP contribution in [0, 0.1) is 11.8 Å². The van der Waals surface area contributed by atoms with Gasteiger partial charge < -0.3 is 15.3 Å². The van der Waals surface area contributed by atoms with Gasteiger partial charge in [-0.05, 0) is 43.8 Å². The highest BCUT2D eigenvalue weighted by molar-refractivity contribution is 5.24. The van der Waals surface area contributed by atoms with Crippen LogP contribution >= 0.6 is 0 Å². The molecule has 2 N–H and O–H groups in total. The van der Waals surface area contributed by atoms with E-state index in [1.54, 1.807) is 0 Å². The summed E-state index contributed by atoms with van der Waals surface area (Å²) in [6.45, 7) is 7.62. The summed E-state index contributed by atoms with van der Waals surface area (Å²) < 4.78 is 0. The molecule has 1 saturated carbocycles. The van der Waals surface area contributed by atoms with Crippen molar-refractivity contribution in [1.82, 2.24) is 10.2 Å². The molecule has 0 saturated heterocycles. The normalized spacial score (nSPS) is 24.0. The van der Waals surface area contributed by atoms with Crippen LogP contribution in [0.25, 0.3) is 0 Å². The van der Waals surface area contributed by atoms with Gasteiger partial charge in [0, 0.05) is 13.1 Å². The molecule has 118 valence electrons. The summed E-state index contributed by atoms with van der Waals surface area (Å²) in [6, 6.07) is 10.3. The fourth-order valence-corrected chi connectivity index (χ4v) is 3.18. The summed E-state index contributed by atoms with van der Waals surface area (Å²) >= 11 is 0. The maximum absolute atomic E-state index is 10.0. The summed E-state index contributed by atoms with van der Waals surface area (Å²) in [5, 5.41) is 13.5. The van der Waals surface area contributed by atoms with Crippen molar-refractivity contribution in [1.29, 1.82) is 0 Å². The summed E-state index contributed by atoms with van der Waals surface area (Å²) in [5.41, 5.74) is 0.863. The Morgan fingerprint density at radius 3 is 2.52 bits per heavy atom. The fourth-order valence-electron chi connectivity index (χ4n) is 3.18. The smallest absolute Gasteiger partial charge is 0.0681 e. The van der Waals surface area contributed by atoms with Crippen LogP contribution in [0.1, 0.15) is 32.3 Å². The summed E-state index contributed by atoms with van der Waals surface area (Å²) in [6.07, 6.45) is 2.31. The Bertz CT molecular complexity index is 422. The molecule has 0 aliphatic heterocycles. The summed E-state index contributed by atoms with van der Waals surface area (Å²) in [7, 11) is 2.20. The molecule has 2 rings (SSSR count). The van der Waals surface area contributed by atoms with Crippen molar-refractivity contribution in [3.63, 3.8) is 0 Å². The fraction of sp³-hybridized carbons (Fsp3) is 0.667. The second-order valence-electron chi connectivity index (χ2n) is 6.62. The summed E-state index contributed by atoms with van der Waals surface area (Å²) in [5.74, 6) is 1.78. The molecule has 1 aromatic carbocycles. The topological polar surface area (TPSA) is 35.5 Å². The highest BCUT2D eigenvalue weighted by Crippen LogP contribution is 2.38. The van der Waals surface area contributed by atoms with Crippen molar-refractivity contribution in [2.75, 3.05) is 33.3 Å². The quantitative estimate of drug-likeness (QED) is 0.733. The molecule has 1 aliphatic carbocycles. The van der Waals surface area contributed by atoms with Gasteiger partial charge in [0.25, 0.3) is 0 Å². The van der Waals surface area contributed by atoms with Gasteiger partial charge in [0.05, 0.1) is 12.1 Å². The van der Waals surface area contributed by atoms with Crippen LogP contribution in [0.3, 0.4) is 0 Å². The van der Waals surface area contributed by atoms with Crippen molar-refractivity contribution in [2.24, 2.45) is 11.8 Å². The Kier molecular flexibility index (Phi) is 5.80. The third-order valence-electron chi connectivity index (χ3n) is 4.85. The number of benzene rings is 1. The van der Waals surface area contributed by atoms with Gasteiger partial charge in [-0.3, -0.25) is 0 Å². The molecule has 1 fully saturated rings. The van der Waals surface area contributed by atoms with E-state index >= 15 is 0 Å². The number of hydrogen-bond donors (Lipinski definition) is 2. The molecule has 21 heavy (non-hydrogen) atoms. The number of nitrogens with one attached hydrogen (secondary N) is 1. The summed E-state index contributed by atoms with van der Waals surface area (Å²) in [4.78, 5) is 2.42. The van der Waals surface area contributed by atoms with E-state index in [-0.39, 0.29) is 12.1 Å². The van der Waals surface area contributed by atoms with Crippen molar-refractivity contribution in [2.45, 2.75) is 32.2 Å². The standard InChI is InChI=1S/C18H30N2O/c1-4-19-18(14-21,17-8-6-5-7-9-17)10-11-20(3)13-16-12-15(16)2/h5-9,15-16,19,21H,4,10-14H2,1-3H3. The molecule has 0 aromatic heterocycles. The Balaban J connectivity index is 1.98. The number of aliphatic hydroxyl groups excluding tert-OH is 1. The van der Waals surface area contributed by atoms with Crippen molar-refractivity contribution in [3.05, 3.63) is 35.9 Å². The molecule has 3 nitrogen and oxygen atoms in total. The van der Waals surface area contributed by atoms with Gasteiger partial charge in [0.1, 0.15) is 0 Å². The first-order chi connectivity index (χ1) is 10.1. The molecule has 1 aliphatic rings. The average molecular weight is 290 g/mol. The first kappa shape index (κ1) is 16.5. The van der Waals surface area contributed by atoms with E-state index in [2.05, 4.69) is 43.2 Å². The molecule has 0 bridgehead atoms. The van der Waals surface area contributed by atoms with Crippen LogP contribution in [0.4, 0.5) is 0 Å². The highest BCUT2D eigenvalue weighted by Gasteiger charge is 2.34. The molecule has 3 heteroatoms. The lowest BCUT2D eigenvalue weighted by molar-refractivity contribution is 0.137. The van der Waals surface area contributed by atoms with Gasteiger partial charge in [-0.25, -0.2) is 0 Å². The highest BCUT2D eigenvalue weighted by atomic mass is 16.3. The lowest BCUT2D eigenvalue weighted by Crippen LogP contribution is -2.47. The predicted molar refractivity (Wildman–Crippen MR) is 88.3 cm³/mol. The van der Waals surface area contributed by atoms with E-state index in [1.807, 2.05) is 18.2 Å². The third kappa shape index (κ3) is 4.29. The van der Waals surface area contributed by atoms with Gasteiger partial charge in [0.15, 0.2) is 0 Å². The SMILES string of the molecule is CCNC(CO)(CCN(C)CC1CC1C)c1ccccc1. The first-order valence-electron chi connectivity index (χ1n) is 8.21. The van der Waals surface area contributed by atoms with E-state index in [1.165, 1.54) is 18.5 Å². The monoisotopic (exact) mass is 290 g/mol. The Morgan fingerprint density at radius 1 is 1.33 bits per heavy atom. The Hall–Kier alpha value is -0.900. The lowest BCUT2D eigenvalue weighted by Gasteiger charge is -2.35. The maximum Gasteiger partial charge on any atom is 0.0681 e. The van der Waals surface area contributed by atoms with Crippen LogP contribution in [0.15, 0.2) is 30.3 Å². The van der Waals surface area contributed by atoms with Gasteiger partial charge in [-0.15, -0.1) is 0 Å². The van der Waals surface area contributed by atoms with E-state index in [9.17, 15) is 5.11 Å². The first-order valence-corrected chi connectivity index (χ1v) is 8.21. The van der Waals surface area contributed by atoms with Crippen molar-refractivity contribution >= 4 is 0 Å². The van der Waals surface area contributed by atoms with Gasteiger partial charge in [-0.2, -0.15) is 0 Å². The molecule has 0 radical (unpaired) electrons. The number of rotatable bonds is 9. The van der Waals surface area contributed by atoms with Crippen molar-refractivity contribution in [3.8, 4) is 0 Å². The minimum atomic E-state index is -0.320. The number of nitrogens with zero attached hydrogens (tertiary/aromatic N) is 1. The Labute approximate surface area is 129 Å². The predicted octanol–water partition coefficient (Wildman–Crippen LogP) is 2.46. The molecule has 0 spiro atoms. The zero-order valence-electron chi connectivity index (χ0n) is 13.7. The average Bonchev–Trinajstić information content (AvgIpc) is 3.19. The van der Waals surface area contributed by atoms with Crippen LogP contribution in [0.5, 0.6) is 0 Å². The molecule has 1 aromatic rings. The van der Waals surface area contributed by atoms with E-state index in [0.717, 1.165) is 31.3 Å². The van der Waals surface area contributed by atoms with Crippen molar-refractivity contribution < 1.29 is 5.11 Å². The molecular weight excluding hydrogens is 260 g/mol. The van der Waals surface area contributed by atoms with E-state index in [0.29, 0.717) is 0 Å². The maximum atomic E-state index is 10.0. The molecular formula is C18H30N2O. The zero-order valence-corrected chi connectivity index (χ0v) is 13.7. The van der Waals surface area contributed by atoms with Crippen LogP contribution in [0.2, 0.25) is 0 Å². The minimum Gasteiger partial charge on any atom is -0.394 e. The second-order valence-corrected chi connectivity index (χ2v) is 6.62. The number of likely N-dealkylation sites (N-methyl/N-ethyl adjacent to an activating group) is 1. The molecule has 3 atom stereocenters. The Morgan fingerprint density at radius 2 is 2.00 bits per heavy atom. The molecule has 0 heterocycles. The minimum absolute atomic E-state index is 0.137. The van der Waals surface area contributed by atoms with Crippen LogP contribution in [-0.2, 0) is 5.54 Å². The van der Waals surface area contributed by atoms with E-state index in [4.69, 9.17) is 0 Å². The van der Waals surface area contributed by atoms with Crippen LogP contribution in [-0.4, -0.2) is 43.3 Å². The zero-order chi connectivity index (χ0) is 15.3. The van der Waals surface area contributed by atoms with Crippen LogP contribution < -0.4 is 5.32 Å². The molecule has 3 unspecified atom stereocenters. The third-order valence-corrected chi connectivity index (χ3v) is 4.85. The number of aliphatic hydroxyl groups is 1. The number of hydrogen-bond acceptors (Lipinski definition) is 3. The van der Waals surface area contributed by atoms with Gasteiger partial charge in [-0.1, -0.05) is 44.2 Å². The second kappa shape index (κ2) is 7.39. The van der Waals surface area contributed by atoms with Gasteiger partial charge >= 0.3 is 0 Å². The van der Waals surface area contributed by atoms with E-state index < -0.39 is 0 Å². The molecule has 0 amide bonds. The van der Waals surface area contributed by atoms with Gasteiger partial charge in [0.2, 0.25) is 0 Å².